The molecule has 3 aliphatic carbocycles. The molecule has 3 aliphatic rings. The molecule has 9 aromatic rings. The lowest BCUT2D eigenvalue weighted by atomic mass is 9.70. The van der Waals surface area contributed by atoms with E-state index in [1.54, 1.807) is 0 Å². The Morgan fingerprint density at radius 2 is 0.907 bits per heavy atom. The highest BCUT2D eigenvalue weighted by Crippen LogP contribution is 2.65. The van der Waals surface area contributed by atoms with Gasteiger partial charge in [-0.2, -0.15) is 0 Å². The van der Waals surface area contributed by atoms with Crippen LogP contribution in [0.4, 0.5) is 17.1 Å². The topological polar surface area (TPSA) is 16.4 Å². The highest BCUT2D eigenvalue weighted by atomic mass is 16.3. The number of anilines is 3. The van der Waals surface area contributed by atoms with Crippen LogP contribution in [0.15, 0.2) is 180 Å². The van der Waals surface area contributed by atoms with Crippen LogP contribution in [0.25, 0.3) is 55.3 Å². The van der Waals surface area contributed by atoms with Gasteiger partial charge in [0.2, 0.25) is 0 Å². The fourth-order valence-electron chi connectivity index (χ4n) is 10.4. The van der Waals surface area contributed by atoms with E-state index in [1.807, 2.05) is 6.07 Å². The van der Waals surface area contributed by atoms with Crippen molar-refractivity contribution >= 4 is 39.0 Å². The van der Waals surface area contributed by atoms with E-state index in [4.69, 9.17) is 4.42 Å². The highest BCUT2D eigenvalue weighted by molar-refractivity contribution is 6.08. The second kappa shape index (κ2) is 10.5. The summed E-state index contributed by atoms with van der Waals surface area (Å²) in [5.41, 5.74) is 20.6. The first-order valence-corrected chi connectivity index (χ1v) is 18.9. The van der Waals surface area contributed by atoms with E-state index < -0.39 is 5.41 Å². The second-order valence-electron chi connectivity index (χ2n) is 15.6. The third kappa shape index (κ3) is 3.65. The second-order valence-corrected chi connectivity index (χ2v) is 15.6. The van der Waals surface area contributed by atoms with E-state index in [-0.39, 0.29) is 5.41 Å². The molecule has 0 radical (unpaired) electrons. The minimum absolute atomic E-state index is 0.0769. The lowest BCUT2D eigenvalue weighted by molar-refractivity contribution is 0.660. The Bertz CT molecular complexity index is 3010. The first-order valence-electron chi connectivity index (χ1n) is 18.9. The van der Waals surface area contributed by atoms with Crippen LogP contribution in [-0.2, 0) is 10.8 Å². The van der Waals surface area contributed by atoms with Gasteiger partial charge < -0.3 is 9.32 Å². The first-order chi connectivity index (χ1) is 26.5. The third-order valence-corrected chi connectivity index (χ3v) is 12.7. The monoisotopic (exact) mass is 689 g/mol. The average molecular weight is 690 g/mol. The number of nitrogens with zero attached hydrogens (tertiary/aromatic N) is 1. The predicted molar refractivity (Wildman–Crippen MR) is 222 cm³/mol. The van der Waals surface area contributed by atoms with E-state index in [1.165, 1.54) is 66.8 Å². The smallest absolute Gasteiger partial charge is 0.135 e. The number of hydrogen-bond donors (Lipinski definition) is 0. The van der Waals surface area contributed by atoms with Gasteiger partial charge in [0.05, 0.1) is 11.1 Å². The number of fused-ring (bicyclic) bond motifs is 16. The summed E-state index contributed by atoms with van der Waals surface area (Å²) in [6, 6.07) is 65.3. The predicted octanol–water partition coefficient (Wildman–Crippen LogP) is 13.7. The minimum atomic E-state index is -0.424. The van der Waals surface area contributed by atoms with E-state index in [0.29, 0.717) is 0 Å². The van der Waals surface area contributed by atoms with Crippen LogP contribution in [0.5, 0.6) is 0 Å². The van der Waals surface area contributed by atoms with Crippen LogP contribution < -0.4 is 4.90 Å². The van der Waals surface area contributed by atoms with Gasteiger partial charge >= 0.3 is 0 Å². The van der Waals surface area contributed by atoms with E-state index in [2.05, 4.69) is 189 Å². The van der Waals surface area contributed by atoms with Gasteiger partial charge in [-0.05, 0) is 104 Å². The van der Waals surface area contributed by atoms with Gasteiger partial charge in [-0.15, -0.1) is 0 Å². The quantitative estimate of drug-likeness (QED) is 0.184. The largest absolute Gasteiger partial charge is 0.456 e. The van der Waals surface area contributed by atoms with E-state index in [9.17, 15) is 0 Å². The third-order valence-electron chi connectivity index (χ3n) is 12.7. The van der Waals surface area contributed by atoms with Gasteiger partial charge in [0, 0.05) is 33.1 Å². The molecule has 1 spiro atoms. The van der Waals surface area contributed by atoms with Crippen molar-refractivity contribution in [3.05, 3.63) is 209 Å². The molecule has 0 amide bonds. The highest BCUT2D eigenvalue weighted by Gasteiger charge is 2.52. The summed E-state index contributed by atoms with van der Waals surface area (Å²) >= 11 is 0. The van der Waals surface area contributed by atoms with Crippen molar-refractivity contribution in [3.63, 3.8) is 0 Å². The molecule has 0 bridgehead atoms. The Hall–Kier alpha value is -6.64. The summed E-state index contributed by atoms with van der Waals surface area (Å²) in [4.78, 5) is 2.50. The molecule has 0 N–H and O–H groups in total. The van der Waals surface area contributed by atoms with Crippen LogP contribution in [0.1, 0.15) is 47.2 Å². The molecule has 2 heteroatoms. The van der Waals surface area contributed by atoms with Crippen molar-refractivity contribution in [1.29, 1.82) is 0 Å². The summed E-state index contributed by atoms with van der Waals surface area (Å²) in [5, 5.41) is 2.24. The molecule has 2 nitrogen and oxygen atoms in total. The van der Waals surface area contributed by atoms with Crippen LogP contribution in [0.2, 0.25) is 0 Å². The van der Waals surface area contributed by atoms with Crippen LogP contribution in [0.3, 0.4) is 0 Å². The number of para-hydroxylation sites is 1. The number of rotatable bonds is 3. The number of hydrogen-bond acceptors (Lipinski definition) is 2. The maximum atomic E-state index is 6.35. The SMILES string of the molecule is CC1(C)c2ccccc2-c2cc(N(c3ccc4oc5ccccc5c4c3)c3cccc4c3-c3ccccc3C43c4ccccc4-c4ccccc43)ccc21. The van der Waals surface area contributed by atoms with Crippen molar-refractivity contribution in [1.82, 2.24) is 0 Å². The molecule has 1 heterocycles. The normalized spacial score (nSPS) is 14.8. The maximum Gasteiger partial charge on any atom is 0.135 e. The summed E-state index contributed by atoms with van der Waals surface area (Å²) in [5.74, 6) is 0. The molecule has 0 unspecified atom stereocenters. The Morgan fingerprint density at radius 3 is 1.65 bits per heavy atom. The fraction of sp³-hybridized carbons (Fsp3) is 0.0769. The van der Waals surface area contributed by atoms with Crippen LogP contribution in [0, 0.1) is 0 Å². The van der Waals surface area contributed by atoms with Crippen LogP contribution in [-0.4, -0.2) is 0 Å². The van der Waals surface area contributed by atoms with E-state index in [0.717, 1.165) is 39.0 Å². The molecule has 12 rings (SSSR count). The lowest BCUT2D eigenvalue weighted by Gasteiger charge is -2.32. The standard InChI is InChI=1S/C52H35NO/c1-51(2)41-19-8-3-16-36(41)39-30-32(26-28-42(39)51)53(33-27-29-49-40(31-33)37-17-7-12-25-48(37)54-49)47-24-13-23-46-50(47)38-18-6-11-22-45(38)52(46)43-20-9-4-14-34(43)35-15-5-10-21-44(35)52/h3-31H,1-2H3. The van der Waals surface area contributed by atoms with Gasteiger partial charge in [0.1, 0.15) is 11.2 Å². The lowest BCUT2D eigenvalue weighted by Crippen LogP contribution is -2.26. The molecule has 0 saturated carbocycles. The first kappa shape index (κ1) is 29.9. The zero-order valence-corrected chi connectivity index (χ0v) is 30.1. The number of benzene rings is 8. The molecule has 54 heavy (non-hydrogen) atoms. The number of furan rings is 1. The van der Waals surface area contributed by atoms with Crippen LogP contribution >= 0.6 is 0 Å². The average Bonchev–Trinajstić information content (AvgIpc) is 3.91. The summed E-state index contributed by atoms with van der Waals surface area (Å²) < 4.78 is 6.35. The minimum Gasteiger partial charge on any atom is -0.456 e. The van der Waals surface area contributed by atoms with Gasteiger partial charge in [0.15, 0.2) is 0 Å². The Balaban J connectivity index is 1.17. The molecule has 8 aromatic carbocycles. The van der Waals surface area contributed by atoms with Gasteiger partial charge in [-0.25, -0.2) is 0 Å². The zero-order chi connectivity index (χ0) is 35.8. The summed E-state index contributed by atoms with van der Waals surface area (Å²) in [6.07, 6.45) is 0. The molecular formula is C52H35NO. The van der Waals surface area contributed by atoms with Crippen molar-refractivity contribution in [3.8, 4) is 33.4 Å². The molecule has 254 valence electrons. The molecular weight excluding hydrogens is 655 g/mol. The van der Waals surface area contributed by atoms with Gasteiger partial charge in [0.25, 0.3) is 0 Å². The fourth-order valence-corrected chi connectivity index (χ4v) is 10.4. The molecule has 1 aromatic heterocycles. The summed E-state index contributed by atoms with van der Waals surface area (Å²) in [7, 11) is 0. The Kier molecular flexibility index (Phi) is 5.81. The maximum absolute atomic E-state index is 6.35. The molecule has 0 fully saturated rings. The Labute approximate surface area is 314 Å². The summed E-state index contributed by atoms with van der Waals surface area (Å²) in [6.45, 7) is 4.70. The molecule has 0 saturated heterocycles. The Morgan fingerprint density at radius 1 is 0.389 bits per heavy atom. The molecule has 0 atom stereocenters. The van der Waals surface area contributed by atoms with Gasteiger partial charge in [-0.1, -0.05) is 147 Å². The van der Waals surface area contributed by atoms with Gasteiger partial charge in [-0.3, -0.25) is 0 Å². The molecule has 0 aliphatic heterocycles. The van der Waals surface area contributed by atoms with E-state index >= 15 is 0 Å². The van der Waals surface area contributed by atoms with Crippen molar-refractivity contribution in [2.75, 3.05) is 4.90 Å². The van der Waals surface area contributed by atoms with Crippen molar-refractivity contribution in [2.45, 2.75) is 24.7 Å². The zero-order valence-electron chi connectivity index (χ0n) is 30.1. The van der Waals surface area contributed by atoms with Crippen molar-refractivity contribution < 1.29 is 4.42 Å². The van der Waals surface area contributed by atoms with Crippen molar-refractivity contribution in [2.24, 2.45) is 0 Å².